The van der Waals surface area contributed by atoms with Crippen LogP contribution in [-0.4, -0.2) is 61.1 Å². The molecule has 0 saturated heterocycles. The number of amides is 2. The number of nitrogens with zero attached hydrogens (tertiary/aromatic N) is 3. The molecule has 0 fully saturated rings. The molecule has 0 spiro atoms. The van der Waals surface area contributed by atoms with Gasteiger partial charge in [0.15, 0.2) is 0 Å². The van der Waals surface area contributed by atoms with E-state index < -0.39 is 5.91 Å². The summed E-state index contributed by atoms with van der Waals surface area (Å²) < 4.78 is 13.0. The maximum atomic E-state index is 13.0. The van der Waals surface area contributed by atoms with Gasteiger partial charge in [0.2, 0.25) is 0 Å². The number of likely N-dealkylation sites (N-methyl/N-ethyl adjacent to an activating group) is 2. The minimum Gasteiger partial charge on any atom is -0.313 e. The van der Waals surface area contributed by atoms with Gasteiger partial charge in [0.1, 0.15) is 10.8 Å². The van der Waals surface area contributed by atoms with Gasteiger partial charge in [-0.1, -0.05) is 38.1 Å². The monoisotopic (exact) mass is 523 g/mol. The third-order valence-electron chi connectivity index (χ3n) is 6.01. The normalized spacial score (nSPS) is 11.4. The van der Waals surface area contributed by atoms with E-state index in [1.54, 1.807) is 25.1 Å². The van der Waals surface area contributed by atoms with Gasteiger partial charge in [0.05, 0.1) is 11.8 Å². The highest BCUT2D eigenvalue weighted by atomic mass is 32.1. The first-order valence-electron chi connectivity index (χ1n) is 12.3. The molecule has 3 aromatic rings. The summed E-state index contributed by atoms with van der Waals surface area (Å²) in [5, 5.41) is 9.12. The number of halogens is 1. The summed E-state index contributed by atoms with van der Waals surface area (Å²) in [7, 11) is 2.08. The average molecular weight is 524 g/mol. The standard InChI is InChI=1S/C28H34FN5O2S/c1-5-34(6-2)15-14-33(4)18-22-8-7-9-23(16-22)26(35)31-28-25(20(3)19-37-28)27(36)32-30-17-21-10-12-24(29)13-11-21/h7-13,16-17,19H,5-6,14-15,18H2,1-4H3,(H,31,35)(H,32,36). The molecule has 0 aliphatic heterocycles. The molecule has 1 aromatic heterocycles. The number of nitrogens with one attached hydrogen (secondary N) is 2. The number of carbonyl (C=O) groups is 2. The second-order valence-corrected chi connectivity index (χ2v) is 9.67. The van der Waals surface area contributed by atoms with E-state index in [4.69, 9.17) is 0 Å². The first kappa shape index (κ1) is 28.2. The molecule has 0 atom stereocenters. The maximum absolute atomic E-state index is 13.0. The number of aryl methyl sites for hydroxylation is 1. The molecule has 0 aliphatic carbocycles. The molecule has 1 heterocycles. The number of hydrazone groups is 1. The van der Waals surface area contributed by atoms with Crippen LogP contribution < -0.4 is 10.7 Å². The highest BCUT2D eigenvalue weighted by Gasteiger charge is 2.19. The van der Waals surface area contributed by atoms with E-state index in [9.17, 15) is 14.0 Å². The van der Waals surface area contributed by atoms with Gasteiger partial charge < -0.3 is 15.1 Å². The molecule has 0 aliphatic rings. The van der Waals surface area contributed by atoms with E-state index in [-0.39, 0.29) is 11.7 Å². The first-order valence-corrected chi connectivity index (χ1v) is 13.2. The molecular weight excluding hydrogens is 489 g/mol. The Morgan fingerprint density at radius 2 is 1.78 bits per heavy atom. The smallest absolute Gasteiger partial charge is 0.274 e. The van der Waals surface area contributed by atoms with E-state index in [2.05, 4.69) is 46.5 Å². The van der Waals surface area contributed by atoms with Crippen molar-refractivity contribution in [3.8, 4) is 0 Å². The second-order valence-electron chi connectivity index (χ2n) is 8.79. The van der Waals surface area contributed by atoms with Gasteiger partial charge >= 0.3 is 0 Å². The van der Waals surface area contributed by atoms with Crippen LogP contribution >= 0.6 is 11.3 Å². The zero-order valence-corrected chi connectivity index (χ0v) is 22.6. The third-order valence-corrected chi connectivity index (χ3v) is 7.03. The first-order chi connectivity index (χ1) is 17.8. The fraction of sp³-hybridized carbons (Fsp3) is 0.321. The van der Waals surface area contributed by atoms with Gasteiger partial charge in [-0.15, -0.1) is 11.3 Å². The zero-order chi connectivity index (χ0) is 26.8. The Morgan fingerprint density at radius 3 is 2.49 bits per heavy atom. The van der Waals surface area contributed by atoms with Crippen LogP contribution in [0.5, 0.6) is 0 Å². The fourth-order valence-corrected chi connectivity index (χ4v) is 4.75. The lowest BCUT2D eigenvalue weighted by Gasteiger charge is -2.23. The van der Waals surface area contributed by atoms with E-state index in [1.165, 1.54) is 29.7 Å². The molecule has 37 heavy (non-hydrogen) atoms. The highest BCUT2D eigenvalue weighted by Crippen LogP contribution is 2.28. The number of thiophene rings is 1. The molecule has 196 valence electrons. The number of anilines is 1. The number of carbonyl (C=O) groups excluding carboxylic acids is 2. The third kappa shape index (κ3) is 8.31. The fourth-order valence-electron chi connectivity index (χ4n) is 3.82. The number of hydrogen-bond acceptors (Lipinski definition) is 6. The van der Waals surface area contributed by atoms with Gasteiger partial charge in [-0.25, -0.2) is 9.82 Å². The topological polar surface area (TPSA) is 77.0 Å². The molecule has 2 N–H and O–H groups in total. The van der Waals surface area contributed by atoms with Crippen molar-refractivity contribution in [2.24, 2.45) is 5.10 Å². The number of benzene rings is 2. The lowest BCUT2D eigenvalue weighted by atomic mass is 10.1. The van der Waals surface area contributed by atoms with Crippen LogP contribution in [0, 0.1) is 12.7 Å². The molecule has 2 amide bonds. The molecule has 0 bridgehead atoms. The molecule has 7 nitrogen and oxygen atoms in total. The molecule has 0 unspecified atom stereocenters. The van der Waals surface area contributed by atoms with E-state index >= 15 is 0 Å². The summed E-state index contributed by atoms with van der Waals surface area (Å²) in [6.45, 7) is 10.9. The van der Waals surface area contributed by atoms with Gasteiger partial charge in [-0.05, 0) is 73.4 Å². The van der Waals surface area contributed by atoms with Crippen molar-refractivity contribution in [2.45, 2.75) is 27.3 Å². The summed E-state index contributed by atoms with van der Waals surface area (Å²) in [6, 6.07) is 13.3. The molecular formula is C28H34FN5O2S. The molecule has 0 saturated carbocycles. The van der Waals surface area contributed by atoms with Crippen molar-refractivity contribution in [1.82, 2.24) is 15.2 Å². The van der Waals surface area contributed by atoms with Crippen molar-refractivity contribution >= 4 is 34.4 Å². The van der Waals surface area contributed by atoms with Gasteiger partial charge in [-0.3, -0.25) is 9.59 Å². The summed E-state index contributed by atoms with van der Waals surface area (Å²) in [5.74, 6) is -1.06. The van der Waals surface area contributed by atoms with E-state index in [1.807, 2.05) is 23.6 Å². The van der Waals surface area contributed by atoms with Crippen LogP contribution in [0.3, 0.4) is 0 Å². The molecule has 9 heteroatoms. The molecule has 2 aromatic carbocycles. The van der Waals surface area contributed by atoms with Crippen molar-refractivity contribution < 1.29 is 14.0 Å². The summed E-state index contributed by atoms with van der Waals surface area (Å²) in [6.07, 6.45) is 1.43. The van der Waals surface area contributed by atoms with Crippen LogP contribution in [0.25, 0.3) is 0 Å². The van der Waals surface area contributed by atoms with Gasteiger partial charge in [-0.2, -0.15) is 5.10 Å². The Bertz CT molecular complexity index is 1220. The lowest BCUT2D eigenvalue weighted by Crippen LogP contribution is -2.32. The minimum absolute atomic E-state index is 0.279. The van der Waals surface area contributed by atoms with Crippen LogP contribution in [-0.2, 0) is 6.54 Å². The second kappa shape index (κ2) is 13.8. The summed E-state index contributed by atoms with van der Waals surface area (Å²) in [4.78, 5) is 30.5. The summed E-state index contributed by atoms with van der Waals surface area (Å²) in [5.41, 5.74) is 5.81. The molecule has 0 radical (unpaired) electrons. The average Bonchev–Trinajstić information content (AvgIpc) is 3.25. The van der Waals surface area contributed by atoms with Crippen molar-refractivity contribution in [1.29, 1.82) is 0 Å². The Kier molecular flexibility index (Phi) is 10.5. The maximum Gasteiger partial charge on any atom is 0.274 e. The Balaban J connectivity index is 1.62. The lowest BCUT2D eigenvalue weighted by molar-refractivity contribution is 0.0956. The largest absolute Gasteiger partial charge is 0.313 e. The SMILES string of the molecule is CCN(CC)CCN(C)Cc1cccc(C(=O)Nc2scc(C)c2C(=O)NN=Cc2ccc(F)cc2)c1. The number of rotatable bonds is 12. The van der Waals surface area contributed by atoms with E-state index in [0.29, 0.717) is 21.7 Å². The van der Waals surface area contributed by atoms with Crippen LogP contribution in [0.1, 0.15) is 51.3 Å². The highest BCUT2D eigenvalue weighted by molar-refractivity contribution is 7.15. The Morgan fingerprint density at radius 1 is 1.05 bits per heavy atom. The summed E-state index contributed by atoms with van der Waals surface area (Å²) >= 11 is 1.29. The zero-order valence-electron chi connectivity index (χ0n) is 21.8. The predicted octanol–water partition coefficient (Wildman–Crippen LogP) is 4.99. The molecule has 3 rings (SSSR count). The van der Waals surface area contributed by atoms with Gasteiger partial charge in [0.25, 0.3) is 11.8 Å². The van der Waals surface area contributed by atoms with Crippen LogP contribution in [0.4, 0.5) is 9.39 Å². The van der Waals surface area contributed by atoms with E-state index in [0.717, 1.165) is 43.9 Å². The van der Waals surface area contributed by atoms with Gasteiger partial charge in [0, 0.05) is 25.2 Å². The van der Waals surface area contributed by atoms with Crippen molar-refractivity contribution in [2.75, 3.05) is 38.5 Å². The number of hydrogen-bond donors (Lipinski definition) is 2. The van der Waals surface area contributed by atoms with Crippen molar-refractivity contribution in [3.05, 3.63) is 87.5 Å². The Labute approximate surface area is 222 Å². The Hall–Kier alpha value is -3.40. The van der Waals surface area contributed by atoms with Crippen molar-refractivity contribution in [3.63, 3.8) is 0 Å². The quantitative estimate of drug-likeness (QED) is 0.259. The predicted molar refractivity (Wildman–Crippen MR) is 149 cm³/mol. The minimum atomic E-state index is -0.434. The van der Waals surface area contributed by atoms with Crippen LogP contribution in [0.2, 0.25) is 0 Å². The van der Waals surface area contributed by atoms with Crippen LogP contribution in [0.15, 0.2) is 59.0 Å².